The van der Waals surface area contributed by atoms with Crippen LogP contribution in [0.25, 0.3) is 0 Å². The first-order valence-corrected chi connectivity index (χ1v) is 11.5. The maximum absolute atomic E-state index is 13.3. The van der Waals surface area contributed by atoms with Gasteiger partial charge in [-0.1, -0.05) is 60.2 Å². The number of carbonyl (C=O) groups is 2. The lowest BCUT2D eigenvalue weighted by atomic mass is 9.96. The highest BCUT2D eigenvalue weighted by Gasteiger charge is 2.34. The second kappa shape index (κ2) is 10.1. The number of hydrazone groups is 1. The van der Waals surface area contributed by atoms with E-state index in [0.717, 1.165) is 29.7 Å². The first kappa shape index (κ1) is 22.2. The Bertz CT molecular complexity index is 964. The molecule has 32 heavy (non-hydrogen) atoms. The van der Waals surface area contributed by atoms with Crippen LogP contribution >= 0.6 is 0 Å². The van der Waals surface area contributed by atoms with Crippen LogP contribution in [0.2, 0.25) is 0 Å². The normalized spacial score (nSPS) is 19.6. The molecule has 0 spiro atoms. The van der Waals surface area contributed by atoms with E-state index in [4.69, 9.17) is 9.84 Å². The Morgan fingerprint density at radius 2 is 1.72 bits per heavy atom. The third-order valence-corrected chi connectivity index (χ3v) is 6.30. The molecular weight excluding hydrogens is 402 g/mol. The van der Waals surface area contributed by atoms with Gasteiger partial charge >= 0.3 is 5.97 Å². The molecule has 1 amide bonds. The van der Waals surface area contributed by atoms with Crippen molar-refractivity contribution in [2.75, 3.05) is 26.2 Å². The van der Waals surface area contributed by atoms with E-state index in [-0.39, 0.29) is 23.8 Å². The van der Waals surface area contributed by atoms with E-state index in [1.54, 1.807) is 5.01 Å². The van der Waals surface area contributed by atoms with E-state index in [9.17, 15) is 9.59 Å². The molecule has 1 saturated heterocycles. The van der Waals surface area contributed by atoms with E-state index >= 15 is 0 Å². The zero-order chi connectivity index (χ0) is 22.5. The number of ether oxygens (including phenoxy) is 1. The first-order valence-electron chi connectivity index (χ1n) is 11.5. The molecule has 2 aliphatic heterocycles. The molecular formula is C26H31N3O3. The Labute approximate surface area is 189 Å². The summed E-state index contributed by atoms with van der Waals surface area (Å²) in [4.78, 5) is 27.5. The predicted molar refractivity (Wildman–Crippen MR) is 124 cm³/mol. The van der Waals surface area contributed by atoms with Gasteiger partial charge in [0.15, 0.2) is 0 Å². The van der Waals surface area contributed by atoms with E-state index in [2.05, 4.69) is 36.1 Å². The van der Waals surface area contributed by atoms with Gasteiger partial charge in [0, 0.05) is 6.42 Å². The molecule has 6 nitrogen and oxygen atoms in total. The largest absolute Gasteiger partial charge is 0.466 e. The Balaban J connectivity index is 1.47. The molecule has 0 bridgehead atoms. The second-order valence-corrected chi connectivity index (χ2v) is 8.58. The van der Waals surface area contributed by atoms with Crippen LogP contribution < -0.4 is 0 Å². The molecule has 168 valence electrons. The zero-order valence-corrected chi connectivity index (χ0v) is 18.9. The highest BCUT2D eigenvalue weighted by Crippen LogP contribution is 2.33. The van der Waals surface area contributed by atoms with Gasteiger partial charge in [0.1, 0.15) is 0 Å². The van der Waals surface area contributed by atoms with Crippen molar-refractivity contribution in [1.29, 1.82) is 0 Å². The summed E-state index contributed by atoms with van der Waals surface area (Å²) >= 11 is 0. The molecule has 2 aliphatic rings. The van der Waals surface area contributed by atoms with Crippen molar-refractivity contribution in [1.82, 2.24) is 9.91 Å². The van der Waals surface area contributed by atoms with Gasteiger partial charge in [-0.15, -0.1) is 0 Å². The standard InChI is InChI=1S/C26H31N3O3/c1-3-32-26(31)22-13-15-28(16-14-22)18-25(30)29-24(21-11-9-19(2)10-12-21)17-23(27-29)20-7-5-4-6-8-20/h4-12,22,24H,3,13-18H2,1-2H3/t24-/m0/s1. The summed E-state index contributed by atoms with van der Waals surface area (Å²) in [6, 6.07) is 18.3. The fourth-order valence-electron chi connectivity index (χ4n) is 4.44. The molecule has 0 radical (unpaired) electrons. The van der Waals surface area contributed by atoms with Gasteiger partial charge in [0.05, 0.1) is 30.8 Å². The molecule has 2 aromatic rings. The molecule has 0 aromatic heterocycles. The Kier molecular flexibility index (Phi) is 7.00. The van der Waals surface area contributed by atoms with Crippen molar-refractivity contribution in [3.8, 4) is 0 Å². The van der Waals surface area contributed by atoms with Crippen molar-refractivity contribution in [3.05, 3.63) is 71.3 Å². The summed E-state index contributed by atoms with van der Waals surface area (Å²) in [6.07, 6.45) is 2.15. The Hall–Kier alpha value is -2.99. The maximum atomic E-state index is 13.3. The van der Waals surface area contributed by atoms with Crippen LogP contribution in [0, 0.1) is 12.8 Å². The summed E-state index contributed by atoms with van der Waals surface area (Å²) in [6.45, 7) is 6.04. The number of nitrogens with zero attached hydrogens (tertiary/aromatic N) is 3. The topological polar surface area (TPSA) is 62.2 Å². The maximum Gasteiger partial charge on any atom is 0.309 e. The van der Waals surface area contributed by atoms with Crippen LogP contribution in [0.15, 0.2) is 59.7 Å². The van der Waals surface area contributed by atoms with Crippen molar-refractivity contribution in [3.63, 3.8) is 0 Å². The molecule has 6 heteroatoms. The van der Waals surface area contributed by atoms with Crippen LogP contribution in [-0.4, -0.2) is 53.7 Å². The monoisotopic (exact) mass is 433 g/mol. The number of benzene rings is 2. The molecule has 0 N–H and O–H groups in total. The van der Waals surface area contributed by atoms with E-state index in [0.29, 0.717) is 32.7 Å². The summed E-state index contributed by atoms with van der Waals surface area (Å²) in [5, 5.41) is 6.44. The lowest BCUT2D eigenvalue weighted by molar-refractivity contribution is -0.149. The lowest BCUT2D eigenvalue weighted by Crippen LogP contribution is -2.43. The molecule has 2 heterocycles. The predicted octanol–water partition coefficient (Wildman–Crippen LogP) is 3.95. The van der Waals surface area contributed by atoms with Crippen molar-refractivity contribution in [2.45, 2.75) is 39.2 Å². The Morgan fingerprint density at radius 1 is 1.03 bits per heavy atom. The SMILES string of the molecule is CCOC(=O)C1CCN(CC(=O)N2N=C(c3ccccc3)C[C@H]2c2ccc(C)cc2)CC1. The van der Waals surface area contributed by atoms with Crippen molar-refractivity contribution >= 4 is 17.6 Å². The highest BCUT2D eigenvalue weighted by molar-refractivity contribution is 6.03. The lowest BCUT2D eigenvalue weighted by Gasteiger charge is -2.32. The number of hydrogen-bond donors (Lipinski definition) is 0. The highest BCUT2D eigenvalue weighted by atomic mass is 16.5. The van der Waals surface area contributed by atoms with Gasteiger partial charge in [-0.05, 0) is 50.9 Å². The molecule has 1 fully saturated rings. The van der Waals surface area contributed by atoms with Gasteiger partial charge in [0.25, 0.3) is 5.91 Å². The number of esters is 1. The molecule has 2 aromatic carbocycles. The van der Waals surface area contributed by atoms with Crippen LogP contribution in [0.5, 0.6) is 0 Å². The van der Waals surface area contributed by atoms with Gasteiger partial charge in [0.2, 0.25) is 0 Å². The number of likely N-dealkylation sites (tertiary alicyclic amines) is 1. The third kappa shape index (κ3) is 5.07. The van der Waals surface area contributed by atoms with E-state index < -0.39 is 0 Å². The fourth-order valence-corrected chi connectivity index (χ4v) is 4.44. The van der Waals surface area contributed by atoms with E-state index in [1.807, 2.05) is 37.3 Å². The van der Waals surface area contributed by atoms with Crippen LogP contribution in [0.4, 0.5) is 0 Å². The number of piperidine rings is 1. The average Bonchev–Trinajstić information content (AvgIpc) is 3.26. The van der Waals surface area contributed by atoms with Gasteiger partial charge in [-0.25, -0.2) is 5.01 Å². The average molecular weight is 434 g/mol. The van der Waals surface area contributed by atoms with E-state index in [1.165, 1.54) is 5.56 Å². The smallest absolute Gasteiger partial charge is 0.309 e. The van der Waals surface area contributed by atoms with Gasteiger partial charge < -0.3 is 4.74 Å². The zero-order valence-electron chi connectivity index (χ0n) is 18.9. The molecule has 0 saturated carbocycles. The Morgan fingerprint density at radius 3 is 2.38 bits per heavy atom. The second-order valence-electron chi connectivity index (χ2n) is 8.58. The van der Waals surface area contributed by atoms with Gasteiger partial charge in [-0.3, -0.25) is 14.5 Å². The quantitative estimate of drug-likeness (QED) is 0.647. The summed E-state index contributed by atoms with van der Waals surface area (Å²) in [5.41, 5.74) is 4.28. The summed E-state index contributed by atoms with van der Waals surface area (Å²) in [5.74, 6) is -0.179. The number of hydrogen-bond acceptors (Lipinski definition) is 5. The summed E-state index contributed by atoms with van der Waals surface area (Å²) < 4.78 is 5.15. The van der Waals surface area contributed by atoms with Crippen LogP contribution in [0.1, 0.15) is 48.9 Å². The molecule has 0 aliphatic carbocycles. The van der Waals surface area contributed by atoms with Crippen LogP contribution in [-0.2, 0) is 14.3 Å². The minimum atomic E-state index is -0.116. The number of aryl methyl sites for hydroxylation is 1. The van der Waals surface area contributed by atoms with Crippen molar-refractivity contribution < 1.29 is 14.3 Å². The minimum Gasteiger partial charge on any atom is -0.466 e. The molecule has 4 rings (SSSR count). The molecule has 1 atom stereocenters. The fraction of sp³-hybridized carbons (Fsp3) is 0.423. The molecule has 0 unspecified atom stereocenters. The number of carbonyl (C=O) groups excluding carboxylic acids is 2. The number of rotatable bonds is 6. The van der Waals surface area contributed by atoms with Gasteiger partial charge in [-0.2, -0.15) is 5.10 Å². The van der Waals surface area contributed by atoms with Crippen LogP contribution in [0.3, 0.4) is 0 Å². The first-order chi connectivity index (χ1) is 15.5. The minimum absolute atomic E-state index is 0.00362. The van der Waals surface area contributed by atoms with Crippen molar-refractivity contribution in [2.24, 2.45) is 11.0 Å². The summed E-state index contributed by atoms with van der Waals surface area (Å²) in [7, 11) is 0. The number of amides is 1. The third-order valence-electron chi connectivity index (χ3n) is 6.30.